The molecule has 22 heavy (non-hydrogen) atoms. The molecule has 2 aromatic rings. The van der Waals surface area contributed by atoms with E-state index in [0.717, 1.165) is 29.2 Å². The molecule has 0 fully saturated rings. The molecule has 0 saturated heterocycles. The van der Waals surface area contributed by atoms with Crippen LogP contribution in [0.5, 0.6) is 11.5 Å². The fraction of sp³-hybridized carbons (Fsp3) is 0.316. The molecule has 3 nitrogen and oxygen atoms in total. The number of nitrogens with zero attached hydrogens (tertiary/aromatic N) is 1. The molecule has 116 valence electrons. The zero-order valence-corrected chi connectivity index (χ0v) is 13.7. The van der Waals surface area contributed by atoms with Gasteiger partial charge in [-0.15, -0.1) is 0 Å². The van der Waals surface area contributed by atoms with E-state index in [1.807, 2.05) is 36.4 Å². The Morgan fingerprint density at radius 1 is 1.00 bits per heavy atom. The summed E-state index contributed by atoms with van der Waals surface area (Å²) in [7, 11) is 3.33. The molecule has 0 radical (unpaired) electrons. The Morgan fingerprint density at radius 3 is 2.14 bits per heavy atom. The normalized spacial score (nSPS) is 12.8. The third-order valence-electron chi connectivity index (χ3n) is 3.57. The summed E-state index contributed by atoms with van der Waals surface area (Å²) in [6.45, 7) is 4.18. The minimum atomic E-state index is 0.161. The van der Waals surface area contributed by atoms with Crippen molar-refractivity contribution in [2.24, 2.45) is 4.99 Å². The summed E-state index contributed by atoms with van der Waals surface area (Å²) in [6, 6.07) is 16.4. The van der Waals surface area contributed by atoms with E-state index < -0.39 is 0 Å². The number of methoxy groups -OCH3 is 2. The Bertz CT molecular complexity index is 613. The van der Waals surface area contributed by atoms with Gasteiger partial charge in [0, 0.05) is 18.2 Å². The lowest BCUT2D eigenvalue weighted by atomic mass is 10.1. The van der Waals surface area contributed by atoms with E-state index in [1.54, 1.807) is 14.2 Å². The fourth-order valence-corrected chi connectivity index (χ4v) is 2.45. The molecule has 2 aromatic carbocycles. The van der Waals surface area contributed by atoms with E-state index in [2.05, 4.69) is 26.0 Å². The lowest BCUT2D eigenvalue weighted by molar-refractivity contribution is 0.393. The van der Waals surface area contributed by atoms with Crippen LogP contribution in [0.2, 0.25) is 0 Å². The average Bonchev–Trinajstić information content (AvgIpc) is 2.55. The van der Waals surface area contributed by atoms with Gasteiger partial charge in [-0.05, 0) is 37.1 Å². The number of benzene rings is 2. The van der Waals surface area contributed by atoms with Crippen molar-refractivity contribution in [2.45, 2.75) is 26.3 Å². The van der Waals surface area contributed by atoms with Gasteiger partial charge in [0.1, 0.15) is 11.5 Å². The Morgan fingerprint density at radius 2 is 1.59 bits per heavy atom. The van der Waals surface area contributed by atoms with E-state index in [-0.39, 0.29) is 6.04 Å². The van der Waals surface area contributed by atoms with Gasteiger partial charge < -0.3 is 9.47 Å². The smallest absolute Gasteiger partial charge is 0.122 e. The van der Waals surface area contributed by atoms with Gasteiger partial charge in [0.2, 0.25) is 0 Å². The molecule has 0 aliphatic heterocycles. The Kier molecular flexibility index (Phi) is 5.59. The molecule has 0 spiro atoms. The first-order valence-electron chi connectivity index (χ1n) is 7.42. The Balaban J connectivity index is 2.14. The first kappa shape index (κ1) is 16.1. The molecular formula is C19H23NO2. The second-order valence-electron chi connectivity index (χ2n) is 5.35. The van der Waals surface area contributed by atoms with Crippen LogP contribution in [-0.2, 0) is 6.42 Å². The Labute approximate surface area is 132 Å². The largest absolute Gasteiger partial charge is 0.497 e. The first-order chi connectivity index (χ1) is 10.6. The second kappa shape index (κ2) is 7.64. The number of hydrogen-bond donors (Lipinski definition) is 0. The van der Waals surface area contributed by atoms with Crippen LogP contribution in [0, 0.1) is 0 Å². The van der Waals surface area contributed by atoms with Gasteiger partial charge in [-0.1, -0.05) is 30.3 Å². The summed E-state index contributed by atoms with van der Waals surface area (Å²) in [4.78, 5) is 4.79. The minimum Gasteiger partial charge on any atom is -0.497 e. The van der Waals surface area contributed by atoms with Gasteiger partial charge in [0.25, 0.3) is 0 Å². The SMILES string of the molecule is COc1cc(CC(C)=N[C@H](C)c2ccccc2)cc(OC)c1. The van der Waals surface area contributed by atoms with Crippen LogP contribution < -0.4 is 9.47 Å². The molecule has 0 unspecified atom stereocenters. The summed E-state index contributed by atoms with van der Waals surface area (Å²) < 4.78 is 10.6. The van der Waals surface area contributed by atoms with Crippen LogP contribution in [0.3, 0.4) is 0 Å². The molecule has 0 bridgehead atoms. The third-order valence-corrected chi connectivity index (χ3v) is 3.57. The van der Waals surface area contributed by atoms with E-state index in [4.69, 9.17) is 14.5 Å². The maximum Gasteiger partial charge on any atom is 0.122 e. The van der Waals surface area contributed by atoms with Crippen LogP contribution in [0.15, 0.2) is 53.5 Å². The molecule has 2 rings (SSSR count). The van der Waals surface area contributed by atoms with Gasteiger partial charge in [-0.25, -0.2) is 0 Å². The summed E-state index contributed by atoms with van der Waals surface area (Å²) >= 11 is 0. The minimum absolute atomic E-state index is 0.161. The van der Waals surface area contributed by atoms with Crippen LogP contribution in [0.25, 0.3) is 0 Å². The zero-order chi connectivity index (χ0) is 15.9. The van der Waals surface area contributed by atoms with Crippen molar-refractivity contribution >= 4 is 5.71 Å². The molecule has 0 aromatic heterocycles. The highest BCUT2D eigenvalue weighted by Gasteiger charge is 2.06. The number of rotatable bonds is 6. The van der Waals surface area contributed by atoms with Crippen molar-refractivity contribution in [3.05, 3.63) is 59.7 Å². The van der Waals surface area contributed by atoms with E-state index in [9.17, 15) is 0 Å². The molecule has 1 atom stereocenters. The van der Waals surface area contributed by atoms with Crippen molar-refractivity contribution in [3.63, 3.8) is 0 Å². The molecule has 0 saturated carbocycles. The first-order valence-corrected chi connectivity index (χ1v) is 7.42. The van der Waals surface area contributed by atoms with Crippen LogP contribution in [-0.4, -0.2) is 19.9 Å². The van der Waals surface area contributed by atoms with Crippen LogP contribution >= 0.6 is 0 Å². The summed E-state index contributed by atoms with van der Waals surface area (Å²) in [5.74, 6) is 1.61. The lowest BCUT2D eigenvalue weighted by Gasteiger charge is -2.11. The molecule has 0 N–H and O–H groups in total. The van der Waals surface area contributed by atoms with Gasteiger partial charge in [-0.3, -0.25) is 4.99 Å². The average molecular weight is 297 g/mol. The predicted molar refractivity (Wildman–Crippen MR) is 91.2 cm³/mol. The highest BCUT2D eigenvalue weighted by atomic mass is 16.5. The molecule has 3 heteroatoms. The van der Waals surface area contributed by atoms with Gasteiger partial charge in [0.15, 0.2) is 0 Å². The van der Waals surface area contributed by atoms with Gasteiger partial charge in [0.05, 0.1) is 20.3 Å². The molecule has 0 heterocycles. The van der Waals surface area contributed by atoms with Crippen molar-refractivity contribution in [1.82, 2.24) is 0 Å². The quantitative estimate of drug-likeness (QED) is 0.737. The van der Waals surface area contributed by atoms with Crippen molar-refractivity contribution in [3.8, 4) is 11.5 Å². The van der Waals surface area contributed by atoms with Crippen LogP contribution in [0.4, 0.5) is 0 Å². The maximum absolute atomic E-state index is 5.31. The van der Waals surface area contributed by atoms with Gasteiger partial charge in [-0.2, -0.15) is 0 Å². The summed E-state index contributed by atoms with van der Waals surface area (Å²) in [6.07, 6.45) is 0.782. The van der Waals surface area contributed by atoms with E-state index in [0.29, 0.717) is 0 Å². The van der Waals surface area contributed by atoms with Crippen LogP contribution in [0.1, 0.15) is 31.0 Å². The van der Waals surface area contributed by atoms with E-state index >= 15 is 0 Å². The van der Waals surface area contributed by atoms with E-state index in [1.165, 1.54) is 5.56 Å². The predicted octanol–water partition coefficient (Wildman–Crippen LogP) is 4.47. The van der Waals surface area contributed by atoms with Crippen molar-refractivity contribution < 1.29 is 9.47 Å². The molecule has 0 aliphatic rings. The molecule has 0 amide bonds. The molecular weight excluding hydrogens is 274 g/mol. The zero-order valence-electron chi connectivity index (χ0n) is 13.7. The molecule has 0 aliphatic carbocycles. The number of aliphatic imine (C=N–C) groups is 1. The number of ether oxygens (including phenoxy) is 2. The van der Waals surface area contributed by atoms with Crippen molar-refractivity contribution in [2.75, 3.05) is 14.2 Å². The maximum atomic E-state index is 5.31. The summed E-state index contributed by atoms with van der Waals surface area (Å²) in [5.41, 5.74) is 3.45. The second-order valence-corrected chi connectivity index (χ2v) is 5.35. The monoisotopic (exact) mass is 297 g/mol. The fourth-order valence-electron chi connectivity index (χ4n) is 2.45. The Hall–Kier alpha value is -2.29. The standard InChI is InChI=1S/C19H23NO2/c1-14(20-15(2)17-8-6-5-7-9-17)10-16-11-18(21-3)13-19(12-16)22-4/h5-9,11-13,15H,10H2,1-4H3/t15-/m1/s1. The van der Waals surface area contributed by atoms with Gasteiger partial charge >= 0.3 is 0 Å². The highest BCUT2D eigenvalue weighted by molar-refractivity contribution is 5.84. The lowest BCUT2D eigenvalue weighted by Crippen LogP contribution is -2.02. The summed E-state index contributed by atoms with van der Waals surface area (Å²) in [5, 5.41) is 0. The van der Waals surface area contributed by atoms with Crippen molar-refractivity contribution in [1.29, 1.82) is 0 Å². The third kappa shape index (κ3) is 4.35. The highest BCUT2D eigenvalue weighted by Crippen LogP contribution is 2.23. The number of hydrogen-bond acceptors (Lipinski definition) is 3. The topological polar surface area (TPSA) is 30.8 Å².